The highest BCUT2D eigenvalue weighted by Gasteiger charge is 2.44. The summed E-state index contributed by atoms with van der Waals surface area (Å²) < 4.78 is 0. The van der Waals surface area contributed by atoms with E-state index < -0.39 is 14.5 Å². The second kappa shape index (κ2) is 16.5. The van der Waals surface area contributed by atoms with Crippen molar-refractivity contribution in [2.45, 2.75) is 0 Å². The van der Waals surface area contributed by atoms with Crippen molar-refractivity contribution in [2.75, 3.05) is 0 Å². The Morgan fingerprint density at radius 3 is 0.760 bits per heavy atom. The van der Waals surface area contributed by atoms with Crippen LogP contribution in [-0.2, 0) is 0 Å². The standard InChI is InChI=1S/C42H40N6P2/c43-41(47-45-31-33-49(35-19-7-1-8-20-35,36-21-9-2-10-22-36)37-23-11-3-12-24-37)42(44)48-46-32-34-50(38-25-13-4-14-26-38,39-27-15-5-16-28-39)40-29-17-6-18-30-40/h1-34,45-46H,(H2,43,47)(H2,44,48)/q+2/b33-31+,34-32+. The molecule has 50 heavy (non-hydrogen) atoms. The molecule has 0 saturated carbocycles. The summed E-state index contributed by atoms with van der Waals surface area (Å²) in [5.41, 5.74) is 18.6. The first-order chi connectivity index (χ1) is 24.6. The minimum absolute atomic E-state index is 0.0638. The highest BCUT2D eigenvalue weighted by Crippen LogP contribution is 2.57. The van der Waals surface area contributed by atoms with Crippen LogP contribution in [0.5, 0.6) is 0 Å². The van der Waals surface area contributed by atoms with Crippen LogP contribution in [0.3, 0.4) is 0 Å². The van der Waals surface area contributed by atoms with E-state index in [-0.39, 0.29) is 11.7 Å². The molecular weight excluding hydrogens is 650 g/mol. The number of hydrazone groups is 2. The van der Waals surface area contributed by atoms with Crippen LogP contribution in [-0.4, -0.2) is 11.7 Å². The van der Waals surface area contributed by atoms with Gasteiger partial charge in [0.1, 0.15) is 46.4 Å². The lowest BCUT2D eigenvalue weighted by atomic mass is 10.4. The third-order valence-corrected chi connectivity index (χ3v) is 16.2. The van der Waals surface area contributed by atoms with Gasteiger partial charge in [-0.2, -0.15) is 10.2 Å². The lowest BCUT2D eigenvalue weighted by molar-refractivity contribution is 0.953. The Balaban J connectivity index is 1.26. The molecule has 0 aliphatic heterocycles. The quantitative estimate of drug-likeness (QED) is 0.0578. The van der Waals surface area contributed by atoms with Crippen molar-refractivity contribution in [3.8, 4) is 0 Å². The summed E-state index contributed by atoms with van der Waals surface area (Å²) in [5.74, 6) is 4.54. The molecular formula is C42H40N6P2+2. The second-order valence-electron chi connectivity index (χ2n) is 11.3. The van der Waals surface area contributed by atoms with Crippen molar-refractivity contribution < 1.29 is 0 Å². The van der Waals surface area contributed by atoms with Gasteiger partial charge in [-0.25, -0.2) is 0 Å². The fraction of sp³-hybridized carbons (Fsp3) is 0. The summed E-state index contributed by atoms with van der Waals surface area (Å²) in [6.45, 7) is 0. The highest BCUT2D eigenvalue weighted by atomic mass is 31.2. The van der Waals surface area contributed by atoms with Crippen LogP contribution < -0.4 is 54.1 Å². The van der Waals surface area contributed by atoms with Gasteiger partial charge < -0.3 is 11.5 Å². The Labute approximate surface area is 295 Å². The lowest BCUT2D eigenvalue weighted by Crippen LogP contribution is -2.34. The Morgan fingerprint density at radius 2 is 0.560 bits per heavy atom. The van der Waals surface area contributed by atoms with E-state index in [1.165, 1.54) is 31.8 Å². The molecule has 0 atom stereocenters. The topological polar surface area (TPSA) is 101 Å². The Kier molecular flexibility index (Phi) is 11.3. The average Bonchev–Trinajstić information content (AvgIpc) is 3.20. The van der Waals surface area contributed by atoms with Gasteiger partial charge in [0.15, 0.2) is 11.7 Å². The van der Waals surface area contributed by atoms with Gasteiger partial charge in [0, 0.05) is 0 Å². The molecule has 6 rings (SSSR count). The van der Waals surface area contributed by atoms with E-state index in [2.05, 4.69) is 178 Å². The van der Waals surface area contributed by atoms with Crippen LogP contribution in [0, 0.1) is 0 Å². The molecule has 0 amide bonds. The number of nitrogens with zero attached hydrogens (tertiary/aromatic N) is 2. The van der Waals surface area contributed by atoms with Crippen molar-refractivity contribution in [3.05, 3.63) is 206 Å². The molecule has 0 aliphatic rings. The maximum absolute atomic E-state index is 6.29. The first kappa shape index (κ1) is 34.1. The fourth-order valence-corrected chi connectivity index (χ4v) is 13.3. The van der Waals surface area contributed by atoms with E-state index in [1.807, 2.05) is 48.8 Å². The minimum Gasteiger partial charge on any atom is -0.379 e. The van der Waals surface area contributed by atoms with E-state index >= 15 is 0 Å². The molecule has 0 saturated heterocycles. The van der Waals surface area contributed by atoms with Crippen LogP contribution in [0.2, 0.25) is 0 Å². The van der Waals surface area contributed by atoms with E-state index in [0.29, 0.717) is 0 Å². The highest BCUT2D eigenvalue weighted by molar-refractivity contribution is 7.98. The summed E-state index contributed by atoms with van der Waals surface area (Å²) in [4.78, 5) is 0. The average molecular weight is 691 g/mol. The van der Waals surface area contributed by atoms with Crippen LogP contribution in [0.1, 0.15) is 0 Å². The van der Waals surface area contributed by atoms with Gasteiger partial charge in [-0.1, -0.05) is 109 Å². The monoisotopic (exact) mass is 690 g/mol. The summed E-state index contributed by atoms with van der Waals surface area (Å²) in [7, 11) is -4.37. The molecule has 0 radical (unpaired) electrons. The van der Waals surface area contributed by atoms with Gasteiger partial charge in [-0.05, 0) is 72.8 Å². The first-order valence-electron chi connectivity index (χ1n) is 16.3. The number of nitrogens with two attached hydrogens (primary N) is 2. The van der Waals surface area contributed by atoms with Gasteiger partial charge in [-0.15, -0.1) is 0 Å². The van der Waals surface area contributed by atoms with Crippen molar-refractivity contribution in [1.82, 2.24) is 10.9 Å². The molecule has 0 spiro atoms. The van der Waals surface area contributed by atoms with E-state index in [1.54, 1.807) is 0 Å². The Hall–Kier alpha value is -5.80. The number of benzene rings is 6. The molecule has 6 nitrogen and oxygen atoms in total. The summed E-state index contributed by atoms with van der Waals surface area (Å²) >= 11 is 0. The molecule has 0 bridgehead atoms. The van der Waals surface area contributed by atoms with Crippen molar-refractivity contribution in [3.63, 3.8) is 0 Å². The summed E-state index contributed by atoms with van der Waals surface area (Å²) in [5, 5.41) is 16.0. The number of nitrogens with one attached hydrogen (secondary N) is 2. The van der Waals surface area contributed by atoms with Crippen molar-refractivity contribution in [2.24, 2.45) is 21.7 Å². The lowest BCUT2D eigenvalue weighted by Gasteiger charge is -2.23. The molecule has 8 heteroatoms. The zero-order chi connectivity index (χ0) is 34.5. The zero-order valence-electron chi connectivity index (χ0n) is 27.6. The molecule has 0 heterocycles. The largest absolute Gasteiger partial charge is 0.379 e. The fourth-order valence-electron chi connectivity index (χ4n) is 6.01. The molecule has 0 aliphatic carbocycles. The van der Waals surface area contributed by atoms with Crippen LogP contribution >= 0.6 is 14.5 Å². The minimum atomic E-state index is -2.18. The van der Waals surface area contributed by atoms with Crippen molar-refractivity contribution >= 4 is 58.0 Å². The van der Waals surface area contributed by atoms with E-state index in [9.17, 15) is 0 Å². The Morgan fingerprint density at radius 1 is 0.360 bits per heavy atom. The van der Waals surface area contributed by atoms with Crippen molar-refractivity contribution in [1.29, 1.82) is 0 Å². The SMILES string of the molecule is NC(=N/N/C=C/[P+](c1ccccc1)(c1ccccc1)c1ccccc1)/C(N)=N\N/C=C/[P+](c1ccccc1)(c1ccccc1)c1ccccc1. The van der Waals surface area contributed by atoms with Gasteiger partial charge >= 0.3 is 0 Å². The molecule has 0 unspecified atom stereocenters. The van der Waals surface area contributed by atoms with E-state index in [0.717, 1.165) is 0 Å². The zero-order valence-corrected chi connectivity index (χ0v) is 29.4. The smallest absolute Gasteiger partial charge is 0.188 e. The predicted molar refractivity (Wildman–Crippen MR) is 218 cm³/mol. The third-order valence-electron chi connectivity index (χ3n) is 8.36. The molecule has 0 fully saturated rings. The van der Waals surface area contributed by atoms with Crippen LogP contribution in [0.15, 0.2) is 216 Å². The maximum Gasteiger partial charge on any atom is 0.188 e. The summed E-state index contributed by atoms with van der Waals surface area (Å²) in [6.07, 6.45) is 3.68. The normalized spacial score (nSPS) is 12.6. The first-order valence-corrected chi connectivity index (χ1v) is 20.0. The van der Waals surface area contributed by atoms with Gasteiger partial charge in [0.2, 0.25) is 0 Å². The molecule has 6 aromatic carbocycles. The van der Waals surface area contributed by atoms with Crippen LogP contribution in [0.25, 0.3) is 0 Å². The molecule has 6 N–H and O–H groups in total. The number of hydrogen-bond donors (Lipinski definition) is 4. The number of hydrogen-bond acceptors (Lipinski definition) is 4. The third kappa shape index (κ3) is 7.43. The Bertz CT molecular complexity index is 1710. The summed E-state index contributed by atoms with van der Waals surface area (Å²) in [6, 6.07) is 63.4. The molecule has 6 aromatic rings. The second-order valence-corrected chi connectivity index (χ2v) is 17.9. The van der Waals surface area contributed by atoms with Gasteiger partial charge in [0.05, 0.1) is 24.0 Å². The molecule has 0 aromatic heterocycles. The predicted octanol–water partition coefficient (Wildman–Crippen LogP) is 5.64. The van der Waals surface area contributed by atoms with E-state index in [4.69, 9.17) is 11.5 Å². The van der Waals surface area contributed by atoms with Gasteiger partial charge in [-0.3, -0.25) is 10.9 Å². The van der Waals surface area contributed by atoms with Gasteiger partial charge in [0.25, 0.3) is 0 Å². The number of rotatable bonds is 12. The maximum atomic E-state index is 6.29. The number of amidine groups is 2. The van der Waals surface area contributed by atoms with Crippen LogP contribution in [0.4, 0.5) is 0 Å². The molecule has 246 valence electrons.